The van der Waals surface area contributed by atoms with Gasteiger partial charge >= 0.3 is 0 Å². The van der Waals surface area contributed by atoms with Crippen LogP contribution in [0.2, 0.25) is 0 Å². The Hall–Kier alpha value is -12.8. The first kappa shape index (κ1) is 61.1. The van der Waals surface area contributed by atoms with Crippen molar-refractivity contribution in [2.75, 3.05) is 9.80 Å². The second-order valence-corrected chi connectivity index (χ2v) is 30.1. The van der Waals surface area contributed by atoms with Gasteiger partial charge in [-0.3, -0.25) is 9.97 Å². The van der Waals surface area contributed by atoms with Crippen LogP contribution in [0.1, 0.15) is 52.7 Å². The quantitative estimate of drug-likeness (QED) is 0.134. The summed E-state index contributed by atoms with van der Waals surface area (Å²) in [4.78, 5) is 15.6. The van der Waals surface area contributed by atoms with Crippen molar-refractivity contribution in [3.05, 3.63) is 327 Å². The van der Waals surface area contributed by atoms with Gasteiger partial charge in [0.2, 0.25) is 0 Å². The van der Waals surface area contributed by atoms with E-state index in [0.29, 0.717) is 0 Å². The van der Waals surface area contributed by atoms with E-state index in [0.717, 1.165) is 161 Å². The van der Waals surface area contributed by atoms with Crippen molar-refractivity contribution in [3.63, 3.8) is 0 Å². The minimum absolute atomic E-state index is 0.0528. The maximum atomic E-state index is 6.66. The Morgan fingerprint density at radius 2 is 0.615 bits per heavy atom. The Morgan fingerprint density at radius 3 is 0.990 bits per heavy atom. The molecular formula is C96H70BN5O2. The first-order valence-corrected chi connectivity index (χ1v) is 36.0. The van der Waals surface area contributed by atoms with Gasteiger partial charge in [0.05, 0.1) is 28.1 Å². The van der Waals surface area contributed by atoms with Gasteiger partial charge in [-0.25, -0.2) is 0 Å². The van der Waals surface area contributed by atoms with Crippen molar-refractivity contribution in [3.8, 4) is 72.4 Å². The van der Waals surface area contributed by atoms with Crippen LogP contribution in [0.3, 0.4) is 0 Å². The molecule has 13 aromatic carbocycles. The molecule has 0 saturated carbocycles. The van der Waals surface area contributed by atoms with Gasteiger partial charge in [-0.2, -0.15) is 0 Å². The van der Waals surface area contributed by atoms with Gasteiger partial charge in [-0.05, 0) is 168 Å². The summed E-state index contributed by atoms with van der Waals surface area (Å²) in [6, 6.07) is 108. The van der Waals surface area contributed by atoms with Gasteiger partial charge < -0.3 is 23.2 Å². The molecule has 8 heteroatoms. The first-order chi connectivity index (χ1) is 50.8. The average molecular weight is 1340 g/mol. The molecule has 0 aliphatic carbocycles. The minimum atomic E-state index is -0.301. The summed E-state index contributed by atoms with van der Waals surface area (Å²) in [5, 5.41) is 6.75. The zero-order valence-electron chi connectivity index (χ0n) is 58.7. The summed E-state index contributed by atoms with van der Waals surface area (Å²) in [5.41, 5.74) is 31.5. The monoisotopic (exact) mass is 1340 g/mol. The Balaban J connectivity index is 0.943. The Morgan fingerprint density at radius 1 is 0.288 bits per heavy atom. The molecule has 5 aromatic heterocycles. The molecule has 0 saturated heterocycles. The molecule has 2 aliphatic heterocycles. The van der Waals surface area contributed by atoms with Crippen molar-refractivity contribution < 1.29 is 8.83 Å². The Kier molecular flexibility index (Phi) is 13.7. The van der Waals surface area contributed by atoms with Gasteiger partial charge in [0, 0.05) is 102 Å². The van der Waals surface area contributed by atoms with Crippen molar-refractivity contribution in [1.82, 2.24) is 14.5 Å². The molecule has 494 valence electrons. The Labute approximate surface area is 604 Å². The van der Waals surface area contributed by atoms with E-state index in [-0.39, 0.29) is 17.5 Å². The van der Waals surface area contributed by atoms with E-state index >= 15 is 0 Å². The average Bonchev–Trinajstić information content (AvgIpc) is 0.887. The van der Waals surface area contributed by atoms with Crippen LogP contribution in [0, 0.1) is 0 Å². The van der Waals surface area contributed by atoms with Crippen LogP contribution in [0.15, 0.2) is 325 Å². The number of hydrogen-bond acceptors (Lipinski definition) is 6. The van der Waals surface area contributed by atoms with E-state index in [1.807, 2.05) is 0 Å². The Bertz CT molecular complexity index is 6010. The molecular weight excluding hydrogens is 1270 g/mol. The summed E-state index contributed by atoms with van der Waals surface area (Å²) in [5.74, 6) is 0. The minimum Gasteiger partial charge on any atom is -0.456 e. The number of benzene rings is 13. The smallest absolute Gasteiger partial charge is 0.252 e. The normalized spacial score (nSPS) is 12.8. The van der Waals surface area contributed by atoms with Crippen molar-refractivity contribution in [2.45, 2.75) is 52.4 Å². The summed E-state index contributed by atoms with van der Waals surface area (Å²) < 4.78 is 15.8. The highest BCUT2D eigenvalue weighted by atomic mass is 16.3. The van der Waals surface area contributed by atoms with E-state index in [9.17, 15) is 0 Å². The van der Waals surface area contributed by atoms with E-state index in [1.54, 1.807) is 0 Å². The molecule has 2 aliphatic rings. The number of pyridine rings is 2. The predicted molar refractivity (Wildman–Crippen MR) is 435 cm³/mol. The third kappa shape index (κ3) is 9.73. The molecule has 7 heterocycles. The van der Waals surface area contributed by atoms with Gasteiger partial charge in [-0.15, -0.1) is 0 Å². The highest BCUT2D eigenvalue weighted by Crippen LogP contribution is 2.54. The lowest BCUT2D eigenvalue weighted by molar-refractivity contribution is 0.590. The van der Waals surface area contributed by atoms with Crippen LogP contribution in [0.5, 0.6) is 0 Å². The van der Waals surface area contributed by atoms with Gasteiger partial charge in [0.1, 0.15) is 22.3 Å². The number of para-hydroxylation sites is 2. The molecule has 104 heavy (non-hydrogen) atoms. The van der Waals surface area contributed by atoms with Gasteiger partial charge in [0.15, 0.2) is 0 Å². The fourth-order valence-electron chi connectivity index (χ4n) is 16.7. The second-order valence-electron chi connectivity index (χ2n) is 30.1. The van der Waals surface area contributed by atoms with Crippen LogP contribution in [-0.4, -0.2) is 21.2 Å². The molecule has 0 unspecified atom stereocenters. The zero-order valence-corrected chi connectivity index (χ0v) is 58.7. The maximum Gasteiger partial charge on any atom is 0.252 e. The molecule has 0 amide bonds. The molecule has 7 nitrogen and oxygen atoms in total. The lowest BCUT2D eigenvalue weighted by atomic mass is 9.33. The van der Waals surface area contributed by atoms with E-state index in [2.05, 4.69) is 372 Å². The summed E-state index contributed by atoms with van der Waals surface area (Å²) in [6.07, 6.45) is 8.30. The topological polar surface area (TPSA) is 63.5 Å². The lowest BCUT2D eigenvalue weighted by Gasteiger charge is -2.46. The van der Waals surface area contributed by atoms with E-state index in [1.165, 1.54) is 38.3 Å². The van der Waals surface area contributed by atoms with Crippen molar-refractivity contribution in [2.24, 2.45) is 0 Å². The molecule has 0 spiro atoms. The predicted octanol–water partition coefficient (Wildman–Crippen LogP) is 24.1. The van der Waals surface area contributed by atoms with Crippen LogP contribution in [0.4, 0.5) is 34.1 Å². The summed E-state index contributed by atoms with van der Waals surface area (Å²) in [6.45, 7) is 13.4. The summed E-state index contributed by atoms with van der Waals surface area (Å²) >= 11 is 0. The number of fused-ring (bicyclic) bond motifs is 13. The van der Waals surface area contributed by atoms with E-state index in [4.69, 9.17) is 18.8 Å². The number of rotatable bonds is 9. The van der Waals surface area contributed by atoms with Crippen LogP contribution >= 0.6 is 0 Å². The number of anilines is 6. The maximum absolute atomic E-state index is 6.66. The lowest BCUT2D eigenvalue weighted by Crippen LogP contribution is -2.61. The largest absolute Gasteiger partial charge is 0.456 e. The molecule has 0 radical (unpaired) electrons. The third-order valence-corrected chi connectivity index (χ3v) is 21.9. The zero-order chi connectivity index (χ0) is 69.7. The molecule has 0 atom stereocenters. The van der Waals surface area contributed by atoms with Crippen molar-refractivity contribution >= 4 is 123 Å². The van der Waals surface area contributed by atoms with Crippen LogP contribution < -0.4 is 26.2 Å². The molecule has 0 fully saturated rings. The SMILES string of the molecule is CC(C)(C)c1ccc2oc3ccc(-c4ccc5c(c4)N(c4c(-c6ccccc6)cncc4-c4ccccc4)c4cc(-n6c7ccccc7c7ccccc76)cc6c4B5c4ccc(-c5ccc7oc8ccc(C(C)(C)C)cc8c7c5)cc4N6c4c(-c5ccccc5)cncc4-c4ccccc4)cc3c2c1. The standard InChI is InChI=1S/C96H70BN5O2/c1-95(2,3)67-39-45-90-74(51-67)72-47-63(37-43-88(72)103-90)65-35-41-80-84(49-65)101(93-76(59-23-11-7-12-24-59)55-98-56-77(93)60-25-13-8-14-26-60)86-53-69(100-82-33-21-19-31-70(82)71-32-20-22-34-83(71)100)54-87-92(86)97(80)81-42-36-66(64-38-44-89-73(48-64)75-52-68(96(4,5)6)40-46-91(75)104-89)50-85(81)102(87)94-78(61-27-15-9-16-28-61)57-99-58-79(94)62-29-17-10-18-30-62/h7-58H,1-6H3. The highest BCUT2D eigenvalue weighted by Gasteiger charge is 2.46. The fraction of sp³-hybridized carbons (Fsp3) is 0.0833. The van der Waals surface area contributed by atoms with Crippen LogP contribution in [-0.2, 0) is 10.8 Å². The number of furan rings is 2. The number of nitrogens with zero attached hydrogens (tertiary/aromatic N) is 5. The van der Waals surface area contributed by atoms with E-state index < -0.39 is 0 Å². The molecule has 0 bridgehead atoms. The van der Waals surface area contributed by atoms with Gasteiger partial charge in [0.25, 0.3) is 6.71 Å². The van der Waals surface area contributed by atoms with Crippen molar-refractivity contribution in [1.29, 1.82) is 0 Å². The molecule has 20 rings (SSSR count). The first-order valence-electron chi connectivity index (χ1n) is 36.0. The van der Waals surface area contributed by atoms with Crippen LogP contribution in [0.25, 0.3) is 138 Å². The summed E-state index contributed by atoms with van der Waals surface area (Å²) in [7, 11) is 0. The second kappa shape index (κ2) is 23.4. The number of hydrogen-bond donors (Lipinski definition) is 0. The fourth-order valence-corrected chi connectivity index (χ4v) is 16.7. The number of aromatic nitrogens is 3. The van der Waals surface area contributed by atoms with Gasteiger partial charge in [-0.1, -0.05) is 248 Å². The molecule has 18 aromatic rings. The third-order valence-electron chi connectivity index (χ3n) is 21.9. The molecule has 0 N–H and O–H groups in total. The highest BCUT2D eigenvalue weighted by molar-refractivity contribution is 7.00.